The molecule has 8 heteroatoms. The molecule has 0 amide bonds. The van der Waals surface area contributed by atoms with E-state index < -0.39 is 17.7 Å². The fourth-order valence-electron chi connectivity index (χ4n) is 3.01. The van der Waals surface area contributed by atoms with Crippen molar-refractivity contribution in [2.75, 3.05) is 12.3 Å². The summed E-state index contributed by atoms with van der Waals surface area (Å²) in [7, 11) is 0. The van der Waals surface area contributed by atoms with E-state index in [9.17, 15) is 9.59 Å². The van der Waals surface area contributed by atoms with Gasteiger partial charge in [0.1, 0.15) is 5.65 Å². The number of esters is 1. The number of aliphatic imine (C=N–C) groups is 1. The zero-order valence-electron chi connectivity index (χ0n) is 15.6. The van der Waals surface area contributed by atoms with Gasteiger partial charge in [0.2, 0.25) is 11.7 Å². The van der Waals surface area contributed by atoms with Crippen molar-refractivity contribution in [1.29, 1.82) is 0 Å². The topological polar surface area (TPSA) is 120 Å². The first-order valence-corrected chi connectivity index (χ1v) is 9.03. The maximum absolute atomic E-state index is 12.9. The van der Waals surface area contributed by atoms with E-state index in [1.807, 2.05) is 6.07 Å². The van der Waals surface area contributed by atoms with Gasteiger partial charge in [0.25, 0.3) is 0 Å². The third-order valence-corrected chi connectivity index (χ3v) is 4.39. The predicted molar refractivity (Wildman–Crippen MR) is 108 cm³/mol. The second-order valence-electron chi connectivity index (χ2n) is 6.35. The van der Waals surface area contributed by atoms with E-state index in [2.05, 4.69) is 15.0 Å². The van der Waals surface area contributed by atoms with E-state index in [-0.39, 0.29) is 18.3 Å². The summed E-state index contributed by atoms with van der Waals surface area (Å²) in [5.41, 5.74) is 8.17. The minimum Gasteiger partial charge on any atom is -0.465 e. The lowest BCUT2D eigenvalue weighted by atomic mass is 10.0. The average Bonchev–Trinajstić information content (AvgIpc) is 3.25. The smallest absolute Gasteiger partial charge is 0.326 e. The molecule has 3 N–H and O–H groups in total. The molecule has 1 aromatic carbocycles. The van der Waals surface area contributed by atoms with Crippen molar-refractivity contribution in [2.45, 2.75) is 6.92 Å². The molecule has 0 radical (unpaired) electrons. The first-order chi connectivity index (χ1) is 14.1. The molecule has 1 aliphatic heterocycles. The number of allylic oxidation sites excluding steroid dienone is 1. The Morgan fingerprint density at radius 1 is 1.34 bits per heavy atom. The molecule has 0 aliphatic carbocycles. The van der Waals surface area contributed by atoms with Crippen LogP contribution in [0.3, 0.4) is 0 Å². The van der Waals surface area contributed by atoms with Gasteiger partial charge in [-0.25, -0.2) is 9.98 Å². The summed E-state index contributed by atoms with van der Waals surface area (Å²) in [4.78, 5) is 36.9. The van der Waals surface area contributed by atoms with Crippen LogP contribution in [0.2, 0.25) is 0 Å². The highest BCUT2D eigenvalue weighted by molar-refractivity contribution is 6.27. The number of ketones is 1. The molecule has 1 unspecified atom stereocenters. The number of H-pyrrole nitrogens is 1. The van der Waals surface area contributed by atoms with E-state index in [0.717, 1.165) is 5.39 Å². The minimum absolute atomic E-state index is 0.0157. The summed E-state index contributed by atoms with van der Waals surface area (Å²) in [5.74, 6) is -2.46. The molecular weight excluding hydrogens is 372 g/mol. The van der Waals surface area contributed by atoms with Gasteiger partial charge in [-0.1, -0.05) is 0 Å². The molecule has 1 aliphatic rings. The third-order valence-electron chi connectivity index (χ3n) is 4.39. The van der Waals surface area contributed by atoms with Crippen molar-refractivity contribution in [3.05, 3.63) is 60.1 Å². The lowest BCUT2D eigenvalue weighted by molar-refractivity contribution is -0.147. The number of carbonyl (C=O) groups excluding carboxylic acids is 2. The molecule has 1 saturated heterocycles. The molecule has 8 nitrogen and oxygen atoms in total. The van der Waals surface area contributed by atoms with Crippen molar-refractivity contribution >= 4 is 46.1 Å². The maximum Gasteiger partial charge on any atom is 0.326 e. The number of hydrogen-bond donors (Lipinski definition) is 2. The van der Waals surface area contributed by atoms with E-state index in [1.54, 1.807) is 55.7 Å². The average molecular weight is 390 g/mol. The number of carbonyl (C=O) groups is 2. The summed E-state index contributed by atoms with van der Waals surface area (Å²) in [6.45, 7) is 1.82. The number of benzene rings is 1. The summed E-state index contributed by atoms with van der Waals surface area (Å²) in [5, 5.41) is 0.827. The molecule has 146 valence electrons. The van der Waals surface area contributed by atoms with Crippen LogP contribution in [0.25, 0.3) is 17.1 Å². The summed E-state index contributed by atoms with van der Waals surface area (Å²) in [6.07, 6.45) is 4.96. The van der Waals surface area contributed by atoms with Crippen LogP contribution in [-0.4, -0.2) is 34.2 Å². The van der Waals surface area contributed by atoms with Crippen LogP contribution in [-0.2, 0) is 19.1 Å². The standard InChI is InChI=1S/C21H18N4O4/c1-2-28-21(27)17-18(26)16(10-12-11-24-19-15(12)4-3-9-23-19)29-20(17)25-14-7-5-13(22)6-8-14/h3-11,17H,2,22H2,1H3,(H,23,24)/b16-10-,25-20?. The third kappa shape index (κ3) is 3.60. The van der Waals surface area contributed by atoms with Gasteiger partial charge in [-0.3, -0.25) is 9.59 Å². The number of pyridine rings is 1. The van der Waals surface area contributed by atoms with E-state index in [4.69, 9.17) is 15.2 Å². The van der Waals surface area contributed by atoms with Crippen LogP contribution in [0.1, 0.15) is 12.5 Å². The van der Waals surface area contributed by atoms with Gasteiger partial charge in [0.15, 0.2) is 11.7 Å². The summed E-state index contributed by atoms with van der Waals surface area (Å²) < 4.78 is 10.8. The second-order valence-corrected chi connectivity index (χ2v) is 6.35. The molecule has 0 saturated carbocycles. The first-order valence-electron chi connectivity index (χ1n) is 9.03. The van der Waals surface area contributed by atoms with Crippen LogP contribution in [0, 0.1) is 5.92 Å². The number of nitrogens with one attached hydrogen (secondary N) is 1. The number of hydrogen-bond acceptors (Lipinski definition) is 7. The van der Waals surface area contributed by atoms with Gasteiger partial charge in [-0.2, -0.15) is 0 Å². The Morgan fingerprint density at radius 3 is 2.90 bits per heavy atom. The fraction of sp³-hybridized carbons (Fsp3) is 0.143. The molecular formula is C21H18N4O4. The molecule has 4 rings (SSSR count). The SMILES string of the molecule is CCOC(=O)C1C(=O)/C(=C/c2c[nH]c3ncccc23)OC1=Nc1ccc(N)cc1. The fourth-order valence-corrected chi connectivity index (χ4v) is 3.01. The second kappa shape index (κ2) is 7.59. The van der Waals surface area contributed by atoms with Gasteiger partial charge in [-0.15, -0.1) is 0 Å². The number of nitrogens with two attached hydrogens (primary N) is 1. The van der Waals surface area contributed by atoms with Crippen LogP contribution in [0.5, 0.6) is 0 Å². The lowest BCUT2D eigenvalue weighted by Crippen LogP contribution is -2.27. The molecule has 3 aromatic rings. The van der Waals surface area contributed by atoms with Gasteiger partial charge in [-0.05, 0) is 49.4 Å². The number of aromatic nitrogens is 2. The van der Waals surface area contributed by atoms with Crippen LogP contribution < -0.4 is 5.73 Å². The van der Waals surface area contributed by atoms with Crippen molar-refractivity contribution in [3.63, 3.8) is 0 Å². The Labute approximate surface area is 166 Å². The highest BCUT2D eigenvalue weighted by atomic mass is 16.5. The molecule has 1 atom stereocenters. The summed E-state index contributed by atoms with van der Waals surface area (Å²) >= 11 is 0. The molecule has 2 aromatic heterocycles. The highest BCUT2D eigenvalue weighted by Crippen LogP contribution is 2.29. The Bertz CT molecular complexity index is 1140. The van der Waals surface area contributed by atoms with Crippen molar-refractivity contribution in [3.8, 4) is 0 Å². The molecule has 1 fully saturated rings. The molecule has 29 heavy (non-hydrogen) atoms. The Balaban J connectivity index is 1.74. The highest BCUT2D eigenvalue weighted by Gasteiger charge is 2.44. The van der Waals surface area contributed by atoms with E-state index in [0.29, 0.717) is 22.6 Å². The van der Waals surface area contributed by atoms with Crippen molar-refractivity contribution < 1.29 is 19.1 Å². The Kier molecular flexibility index (Phi) is 4.82. The predicted octanol–water partition coefficient (Wildman–Crippen LogP) is 2.99. The Morgan fingerprint density at radius 2 is 2.14 bits per heavy atom. The summed E-state index contributed by atoms with van der Waals surface area (Å²) in [6, 6.07) is 10.4. The zero-order chi connectivity index (χ0) is 20.4. The number of Topliss-reactive ketones (excluding diaryl/α,β-unsaturated/α-hetero) is 1. The zero-order valence-corrected chi connectivity index (χ0v) is 15.6. The molecule has 0 spiro atoms. The van der Waals surface area contributed by atoms with Gasteiger partial charge >= 0.3 is 5.97 Å². The minimum atomic E-state index is -1.25. The normalized spacial score (nSPS) is 19.1. The van der Waals surface area contributed by atoms with Crippen LogP contribution >= 0.6 is 0 Å². The largest absolute Gasteiger partial charge is 0.465 e. The first kappa shape index (κ1) is 18.4. The van der Waals surface area contributed by atoms with Crippen molar-refractivity contribution in [1.82, 2.24) is 9.97 Å². The molecule has 3 heterocycles. The number of nitrogen functional groups attached to an aromatic ring is 1. The monoisotopic (exact) mass is 390 g/mol. The number of aromatic amines is 1. The lowest BCUT2D eigenvalue weighted by Gasteiger charge is -2.06. The van der Waals surface area contributed by atoms with Gasteiger partial charge in [0.05, 0.1) is 12.3 Å². The van der Waals surface area contributed by atoms with Crippen molar-refractivity contribution in [2.24, 2.45) is 10.9 Å². The number of fused-ring (bicyclic) bond motifs is 1. The maximum atomic E-state index is 12.9. The van der Waals surface area contributed by atoms with Crippen LogP contribution in [0.4, 0.5) is 11.4 Å². The van der Waals surface area contributed by atoms with E-state index in [1.165, 1.54) is 0 Å². The number of rotatable bonds is 4. The Hall–Kier alpha value is -3.94. The quantitative estimate of drug-likeness (QED) is 0.306. The van der Waals surface area contributed by atoms with Crippen LogP contribution in [0.15, 0.2) is 59.5 Å². The molecule has 0 bridgehead atoms. The van der Waals surface area contributed by atoms with Gasteiger partial charge < -0.3 is 20.2 Å². The number of anilines is 1. The van der Waals surface area contributed by atoms with E-state index >= 15 is 0 Å². The number of nitrogens with zero attached hydrogens (tertiary/aromatic N) is 2. The number of ether oxygens (including phenoxy) is 2. The van der Waals surface area contributed by atoms with Gasteiger partial charge in [0, 0.05) is 29.0 Å².